The highest BCUT2D eigenvalue weighted by Crippen LogP contribution is 2.24. The van der Waals surface area contributed by atoms with Gasteiger partial charge in [0.2, 0.25) is 5.91 Å². The fraction of sp³-hybridized carbons (Fsp3) is 0.357. The Labute approximate surface area is 134 Å². The summed E-state index contributed by atoms with van der Waals surface area (Å²) in [6.45, 7) is 1.76. The topological polar surface area (TPSA) is 75.7 Å². The lowest BCUT2D eigenvalue weighted by Gasteiger charge is -2.14. The van der Waals surface area contributed by atoms with E-state index >= 15 is 0 Å². The summed E-state index contributed by atoms with van der Waals surface area (Å²) in [6, 6.07) is 3.95. The van der Waals surface area contributed by atoms with E-state index < -0.39 is 18.0 Å². The molecule has 0 saturated carbocycles. The minimum Gasteiger partial charge on any atom is -0.442 e. The van der Waals surface area contributed by atoms with E-state index in [1.54, 1.807) is 0 Å². The van der Waals surface area contributed by atoms with Gasteiger partial charge in [-0.1, -0.05) is 15.9 Å². The van der Waals surface area contributed by atoms with Crippen LogP contribution in [0.1, 0.15) is 17.3 Å². The van der Waals surface area contributed by atoms with Crippen LogP contribution in [0.25, 0.3) is 0 Å². The van der Waals surface area contributed by atoms with Crippen LogP contribution in [0.2, 0.25) is 0 Å². The summed E-state index contributed by atoms with van der Waals surface area (Å²) in [5, 5.41) is 2.58. The zero-order valence-electron chi connectivity index (χ0n) is 11.8. The van der Waals surface area contributed by atoms with Crippen molar-refractivity contribution in [1.82, 2.24) is 5.32 Å². The Hall–Kier alpha value is -1.96. The number of halogens is 2. The highest BCUT2D eigenvalue weighted by Gasteiger charge is 2.32. The van der Waals surface area contributed by atoms with Gasteiger partial charge in [-0.3, -0.25) is 14.5 Å². The van der Waals surface area contributed by atoms with E-state index in [9.17, 15) is 18.8 Å². The third-order valence-electron chi connectivity index (χ3n) is 3.14. The number of amides is 2. The molecule has 0 bridgehead atoms. The average molecular weight is 373 g/mol. The number of ether oxygens (including phenoxy) is 1. The molecular formula is C14H14BrFN2O4. The molecule has 1 saturated heterocycles. The van der Waals surface area contributed by atoms with E-state index in [2.05, 4.69) is 21.2 Å². The molecule has 1 aliphatic rings. The van der Waals surface area contributed by atoms with Crippen LogP contribution in [-0.2, 0) is 9.53 Å². The number of carbonyl (C=O) groups is 3. The first-order valence-electron chi connectivity index (χ1n) is 6.53. The molecule has 0 aliphatic carbocycles. The fourth-order valence-electron chi connectivity index (χ4n) is 2.07. The maximum Gasteiger partial charge on any atom is 0.414 e. The first kappa shape index (κ1) is 16.4. The van der Waals surface area contributed by atoms with Gasteiger partial charge in [0.15, 0.2) is 5.78 Å². The summed E-state index contributed by atoms with van der Waals surface area (Å²) in [7, 11) is 0. The average Bonchev–Trinajstić information content (AvgIpc) is 2.85. The first-order valence-corrected chi connectivity index (χ1v) is 7.65. The Morgan fingerprint density at radius 3 is 2.82 bits per heavy atom. The van der Waals surface area contributed by atoms with E-state index in [0.717, 1.165) is 6.07 Å². The molecule has 1 fully saturated rings. The standard InChI is InChI=1S/C14H14BrFN2O4/c1-8(19)17-6-10-7-18(14(21)22-10)9-2-3-11(12(16)4-9)13(20)5-15/h2-4,10H,5-7H2,1H3,(H,17,19)/t10-/m0/s1. The van der Waals surface area contributed by atoms with Crippen LogP contribution in [0.4, 0.5) is 14.9 Å². The number of nitrogens with one attached hydrogen (secondary N) is 1. The van der Waals surface area contributed by atoms with E-state index in [1.165, 1.54) is 24.0 Å². The molecule has 6 nitrogen and oxygen atoms in total. The van der Waals surface area contributed by atoms with Gasteiger partial charge >= 0.3 is 6.09 Å². The molecule has 2 rings (SSSR count). The molecule has 22 heavy (non-hydrogen) atoms. The summed E-state index contributed by atoms with van der Waals surface area (Å²) in [5.74, 6) is -1.30. The van der Waals surface area contributed by atoms with Crippen LogP contribution < -0.4 is 10.2 Å². The lowest BCUT2D eigenvalue weighted by molar-refractivity contribution is -0.119. The van der Waals surface area contributed by atoms with E-state index in [0.29, 0.717) is 5.69 Å². The molecule has 0 aromatic heterocycles. The molecule has 1 aliphatic heterocycles. The van der Waals surface area contributed by atoms with Crippen molar-refractivity contribution in [2.75, 3.05) is 23.3 Å². The molecule has 1 aromatic rings. The molecule has 0 unspecified atom stereocenters. The van der Waals surface area contributed by atoms with Crippen LogP contribution in [0.5, 0.6) is 0 Å². The lowest BCUT2D eigenvalue weighted by atomic mass is 10.1. The van der Waals surface area contributed by atoms with Gasteiger partial charge < -0.3 is 10.1 Å². The highest BCUT2D eigenvalue weighted by molar-refractivity contribution is 9.09. The van der Waals surface area contributed by atoms with Crippen LogP contribution in [0.3, 0.4) is 0 Å². The van der Waals surface area contributed by atoms with Crippen molar-refractivity contribution in [3.05, 3.63) is 29.6 Å². The Morgan fingerprint density at radius 1 is 1.50 bits per heavy atom. The molecule has 8 heteroatoms. The minimum absolute atomic E-state index is 0.0216. The quantitative estimate of drug-likeness (QED) is 0.632. The van der Waals surface area contributed by atoms with Gasteiger partial charge in [-0.2, -0.15) is 0 Å². The number of nitrogens with zero attached hydrogens (tertiary/aromatic N) is 1. The lowest BCUT2D eigenvalue weighted by Crippen LogP contribution is -2.33. The van der Waals surface area contributed by atoms with Gasteiger partial charge in [-0.05, 0) is 18.2 Å². The van der Waals surface area contributed by atoms with Gasteiger partial charge in [0, 0.05) is 6.92 Å². The summed E-state index contributed by atoms with van der Waals surface area (Å²) >= 11 is 2.98. The number of ketones is 1. The van der Waals surface area contributed by atoms with E-state index in [4.69, 9.17) is 4.74 Å². The van der Waals surface area contributed by atoms with Crippen molar-refractivity contribution in [3.63, 3.8) is 0 Å². The summed E-state index contributed by atoms with van der Waals surface area (Å²) < 4.78 is 19.0. The fourth-order valence-corrected chi connectivity index (χ4v) is 2.37. The Bertz CT molecular complexity index is 623. The smallest absolute Gasteiger partial charge is 0.414 e. The van der Waals surface area contributed by atoms with Gasteiger partial charge in [-0.15, -0.1) is 0 Å². The Balaban J connectivity index is 2.12. The number of cyclic esters (lactones) is 1. The third-order valence-corrected chi connectivity index (χ3v) is 3.65. The monoisotopic (exact) mass is 372 g/mol. The minimum atomic E-state index is -0.694. The summed E-state index contributed by atoms with van der Waals surface area (Å²) in [5.41, 5.74) is 0.266. The maximum atomic E-state index is 13.9. The molecule has 0 spiro atoms. The molecular weight excluding hydrogens is 359 g/mol. The molecule has 1 N–H and O–H groups in total. The van der Waals surface area contributed by atoms with Crippen molar-refractivity contribution >= 4 is 39.4 Å². The second-order valence-electron chi connectivity index (χ2n) is 4.77. The number of alkyl halides is 1. The van der Waals surface area contributed by atoms with Gasteiger partial charge in [0.25, 0.3) is 0 Å². The molecule has 1 atom stereocenters. The van der Waals surface area contributed by atoms with Crippen LogP contribution >= 0.6 is 15.9 Å². The zero-order valence-corrected chi connectivity index (χ0v) is 13.4. The second kappa shape index (κ2) is 6.87. The summed E-state index contributed by atoms with van der Waals surface area (Å²) in [6.07, 6.45) is -1.11. The van der Waals surface area contributed by atoms with Gasteiger partial charge in [0.05, 0.1) is 29.7 Å². The Kier molecular flexibility index (Phi) is 5.12. The van der Waals surface area contributed by atoms with E-state index in [-0.39, 0.29) is 35.7 Å². The molecule has 2 amide bonds. The third kappa shape index (κ3) is 3.62. The van der Waals surface area contributed by atoms with Gasteiger partial charge in [0.1, 0.15) is 11.9 Å². The predicted octanol–water partition coefficient (Wildman–Crippen LogP) is 1.86. The van der Waals surface area contributed by atoms with Crippen molar-refractivity contribution in [1.29, 1.82) is 0 Å². The number of rotatable bonds is 5. The molecule has 0 radical (unpaired) electrons. The number of Topliss-reactive ketones (excluding diaryl/α,β-unsaturated/α-hetero) is 1. The zero-order chi connectivity index (χ0) is 16.3. The molecule has 118 valence electrons. The first-order chi connectivity index (χ1) is 10.4. The van der Waals surface area contributed by atoms with Crippen molar-refractivity contribution in [2.45, 2.75) is 13.0 Å². The van der Waals surface area contributed by atoms with Crippen LogP contribution in [-0.4, -0.2) is 42.3 Å². The van der Waals surface area contributed by atoms with Crippen molar-refractivity contribution in [2.24, 2.45) is 0 Å². The normalized spacial score (nSPS) is 17.3. The molecule has 1 heterocycles. The predicted molar refractivity (Wildman–Crippen MR) is 80.8 cm³/mol. The molecule has 1 aromatic carbocycles. The number of anilines is 1. The van der Waals surface area contributed by atoms with Gasteiger partial charge in [-0.25, -0.2) is 9.18 Å². The maximum absolute atomic E-state index is 13.9. The summed E-state index contributed by atoms with van der Waals surface area (Å²) in [4.78, 5) is 35.4. The number of hydrogen-bond donors (Lipinski definition) is 1. The van der Waals surface area contributed by atoms with Crippen LogP contribution in [0, 0.1) is 5.82 Å². The van der Waals surface area contributed by atoms with Crippen molar-refractivity contribution in [3.8, 4) is 0 Å². The highest BCUT2D eigenvalue weighted by atomic mass is 79.9. The second-order valence-corrected chi connectivity index (χ2v) is 5.34. The van der Waals surface area contributed by atoms with E-state index in [1.807, 2.05) is 0 Å². The van der Waals surface area contributed by atoms with Crippen molar-refractivity contribution < 1.29 is 23.5 Å². The number of carbonyl (C=O) groups excluding carboxylic acids is 3. The SMILES string of the molecule is CC(=O)NC[C@H]1CN(c2ccc(C(=O)CBr)c(F)c2)C(=O)O1. The number of hydrogen-bond acceptors (Lipinski definition) is 4. The van der Waals surface area contributed by atoms with Crippen LogP contribution in [0.15, 0.2) is 18.2 Å². The Morgan fingerprint density at radius 2 is 2.23 bits per heavy atom. The number of benzene rings is 1. The largest absolute Gasteiger partial charge is 0.442 e.